The van der Waals surface area contributed by atoms with E-state index in [4.69, 9.17) is 0 Å². The second kappa shape index (κ2) is 10.0. The van der Waals surface area contributed by atoms with Gasteiger partial charge in [0.2, 0.25) is 5.91 Å². The summed E-state index contributed by atoms with van der Waals surface area (Å²) in [5, 5.41) is 9.43. The van der Waals surface area contributed by atoms with E-state index in [0.29, 0.717) is 6.54 Å². The Morgan fingerprint density at radius 2 is 1.55 bits per heavy atom. The van der Waals surface area contributed by atoms with Crippen LogP contribution in [0.1, 0.15) is 29.2 Å². The predicted octanol–water partition coefficient (Wildman–Crippen LogP) is 4.84. The number of hydrogen-bond acceptors (Lipinski definition) is 5. The van der Waals surface area contributed by atoms with Crippen LogP contribution in [0.2, 0.25) is 0 Å². The number of carbonyl (C=O) groups is 1. The molecule has 1 saturated heterocycles. The number of likely N-dealkylation sites (tertiary alicyclic amines) is 1. The van der Waals surface area contributed by atoms with Gasteiger partial charge in [0.25, 0.3) is 0 Å². The number of rotatable bonds is 7. The maximum atomic E-state index is 13.5. The van der Waals surface area contributed by atoms with Gasteiger partial charge in [-0.2, -0.15) is 0 Å². The van der Waals surface area contributed by atoms with Crippen LogP contribution in [0.5, 0.6) is 0 Å². The van der Waals surface area contributed by atoms with Gasteiger partial charge in [-0.1, -0.05) is 72.4 Å². The van der Waals surface area contributed by atoms with Crippen LogP contribution in [-0.4, -0.2) is 43.6 Å². The zero-order valence-corrected chi connectivity index (χ0v) is 19.1. The molecular weight excluding hydrogens is 430 g/mol. The second-order valence-corrected chi connectivity index (χ2v) is 9.13. The third-order valence-corrected chi connectivity index (χ3v) is 7.03. The van der Waals surface area contributed by atoms with Crippen molar-refractivity contribution in [3.8, 4) is 11.4 Å². The van der Waals surface area contributed by atoms with Gasteiger partial charge in [0.05, 0.1) is 6.54 Å². The first-order valence-corrected chi connectivity index (χ1v) is 12.1. The maximum Gasteiger partial charge on any atom is 0.240 e. The molecule has 0 aliphatic carbocycles. The Kier molecular flexibility index (Phi) is 6.48. The first-order valence-electron chi connectivity index (χ1n) is 11.2. The van der Waals surface area contributed by atoms with Gasteiger partial charge in [0.15, 0.2) is 11.0 Å². The molecule has 2 aromatic carbocycles. The van der Waals surface area contributed by atoms with Crippen LogP contribution in [0.25, 0.3) is 11.4 Å². The molecule has 1 fully saturated rings. The Balaban J connectivity index is 1.53. The summed E-state index contributed by atoms with van der Waals surface area (Å²) in [5.74, 6) is 0.910. The van der Waals surface area contributed by atoms with Gasteiger partial charge in [-0.3, -0.25) is 14.3 Å². The number of carbonyl (C=O) groups excluding carboxylic acids is 1. The summed E-state index contributed by atoms with van der Waals surface area (Å²) in [6.45, 7) is 2.26. The highest BCUT2D eigenvalue weighted by atomic mass is 32.2. The lowest BCUT2D eigenvalue weighted by atomic mass is 10.1. The lowest BCUT2D eigenvalue weighted by molar-refractivity contribution is -0.129. The molecule has 166 valence electrons. The van der Waals surface area contributed by atoms with Crippen molar-refractivity contribution in [1.29, 1.82) is 0 Å². The lowest BCUT2D eigenvalue weighted by Gasteiger charge is -2.23. The highest BCUT2D eigenvalue weighted by Crippen LogP contribution is 2.38. The fourth-order valence-corrected chi connectivity index (χ4v) is 5.22. The molecule has 3 heterocycles. The third-order valence-electron chi connectivity index (χ3n) is 5.81. The molecule has 1 atom stereocenters. The largest absolute Gasteiger partial charge is 0.341 e. The fraction of sp³-hybridized carbons (Fsp3) is 0.231. The Bertz CT molecular complexity index is 1190. The van der Waals surface area contributed by atoms with Crippen molar-refractivity contribution in [2.75, 3.05) is 13.1 Å². The third kappa shape index (κ3) is 4.83. The monoisotopic (exact) mass is 455 g/mol. The minimum atomic E-state index is -0.367. The van der Waals surface area contributed by atoms with Gasteiger partial charge in [0, 0.05) is 31.0 Å². The van der Waals surface area contributed by atoms with Crippen LogP contribution in [0.15, 0.2) is 90.3 Å². The van der Waals surface area contributed by atoms with E-state index in [1.165, 1.54) is 11.8 Å². The van der Waals surface area contributed by atoms with Crippen molar-refractivity contribution in [3.63, 3.8) is 0 Å². The van der Waals surface area contributed by atoms with E-state index in [1.54, 1.807) is 12.4 Å². The standard InChI is InChI=1S/C26H25N5OS/c32-25(30-17-7-8-18-30)23(21-11-5-2-6-12-21)33-26-29-28-24(22-13-15-27-16-14-22)31(26)19-20-9-3-1-4-10-20/h1-6,9-16,23H,7-8,17-19H2. The molecule has 0 radical (unpaired) electrons. The van der Waals surface area contributed by atoms with Crippen LogP contribution >= 0.6 is 11.8 Å². The van der Waals surface area contributed by atoms with Gasteiger partial charge < -0.3 is 4.90 Å². The molecule has 7 heteroatoms. The molecule has 33 heavy (non-hydrogen) atoms. The van der Waals surface area contributed by atoms with Gasteiger partial charge in [0.1, 0.15) is 5.25 Å². The highest BCUT2D eigenvalue weighted by Gasteiger charge is 2.31. The Hall–Kier alpha value is -3.45. The normalized spacial score (nSPS) is 14.4. The minimum Gasteiger partial charge on any atom is -0.341 e. The fourth-order valence-electron chi connectivity index (χ4n) is 4.10. The van der Waals surface area contributed by atoms with E-state index < -0.39 is 0 Å². The Labute approximate surface area is 197 Å². The van der Waals surface area contributed by atoms with Crippen LogP contribution in [0, 0.1) is 0 Å². The first kappa shape index (κ1) is 21.4. The number of pyridine rings is 1. The molecular formula is C26H25N5OS. The average Bonchev–Trinajstić information content (AvgIpc) is 3.55. The number of nitrogens with zero attached hydrogens (tertiary/aromatic N) is 5. The molecule has 5 rings (SSSR count). The molecule has 6 nitrogen and oxygen atoms in total. The van der Waals surface area contributed by atoms with Crippen molar-refractivity contribution in [1.82, 2.24) is 24.6 Å². The molecule has 0 N–H and O–H groups in total. The van der Waals surface area contributed by atoms with Gasteiger partial charge in [-0.05, 0) is 36.1 Å². The smallest absolute Gasteiger partial charge is 0.240 e. The second-order valence-electron chi connectivity index (χ2n) is 8.05. The highest BCUT2D eigenvalue weighted by molar-refractivity contribution is 8.00. The van der Waals surface area contributed by atoms with E-state index >= 15 is 0 Å². The summed E-state index contributed by atoms with van der Waals surface area (Å²) in [6.07, 6.45) is 5.64. The van der Waals surface area contributed by atoms with Crippen molar-refractivity contribution in [2.45, 2.75) is 29.8 Å². The molecule has 1 aliphatic heterocycles. The molecule has 1 aliphatic rings. The summed E-state index contributed by atoms with van der Waals surface area (Å²) >= 11 is 1.48. The van der Waals surface area contributed by atoms with Gasteiger partial charge in [-0.15, -0.1) is 10.2 Å². The van der Waals surface area contributed by atoms with Crippen LogP contribution in [0.4, 0.5) is 0 Å². The summed E-state index contributed by atoms with van der Waals surface area (Å²) in [5.41, 5.74) is 3.08. The molecule has 0 spiro atoms. The molecule has 2 aromatic heterocycles. The zero-order valence-electron chi connectivity index (χ0n) is 18.2. The van der Waals surface area contributed by atoms with Gasteiger partial charge in [-0.25, -0.2) is 0 Å². The Morgan fingerprint density at radius 1 is 0.879 bits per heavy atom. The van der Waals surface area contributed by atoms with Crippen molar-refractivity contribution in [3.05, 3.63) is 96.3 Å². The van der Waals surface area contributed by atoms with E-state index in [-0.39, 0.29) is 11.2 Å². The summed E-state index contributed by atoms with van der Waals surface area (Å²) < 4.78 is 2.10. The van der Waals surface area contributed by atoms with E-state index in [9.17, 15) is 4.79 Å². The number of thioether (sulfide) groups is 1. The van der Waals surface area contributed by atoms with E-state index in [1.807, 2.05) is 65.6 Å². The summed E-state index contributed by atoms with van der Waals surface area (Å²) in [7, 11) is 0. The summed E-state index contributed by atoms with van der Waals surface area (Å²) in [4.78, 5) is 19.6. The zero-order chi connectivity index (χ0) is 22.5. The van der Waals surface area contributed by atoms with Crippen molar-refractivity contribution in [2.24, 2.45) is 0 Å². The molecule has 4 aromatic rings. The number of amides is 1. The average molecular weight is 456 g/mol. The molecule has 0 bridgehead atoms. The first-order chi connectivity index (χ1) is 16.3. The van der Waals surface area contributed by atoms with Crippen LogP contribution in [0.3, 0.4) is 0 Å². The maximum absolute atomic E-state index is 13.5. The molecule has 1 amide bonds. The molecule has 1 unspecified atom stereocenters. The minimum absolute atomic E-state index is 0.142. The van der Waals surface area contributed by atoms with Gasteiger partial charge >= 0.3 is 0 Å². The van der Waals surface area contributed by atoms with E-state index in [0.717, 1.165) is 53.6 Å². The van der Waals surface area contributed by atoms with E-state index in [2.05, 4.69) is 31.9 Å². The number of hydrogen-bond donors (Lipinski definition) is 0. The van der Waals surface area contributed by atoms with Crippen molar-refractivity contribution >= 4 is 17.7 Å². The quantitative estimate of drug-likeness (QED) is 0.373. The number of aromatic nitrogens is 4. The molecule has 0 saturated carbocycles. The number of benzene rings is 2. The SMILES string of the molecule is O=C(C(Sc1nnc(-c2ccncc2)n1Cc1ccccc1)c1ccccc1)N1CCCC1. The Morgan fingerprint density at radius 3 is 2.24 bits per heavy atom. The lowest BCUT2D eigenvalue weighted by Crippen LogP contribution is -2.31. The van der Waals surface area contributed by atoms with Crippen LogP contribution < -0.4 is 0 Å². The van der Waals surface area contributed by atoms with Crippen LogP contribution in [-0.2, 0) is 11.3 Å². The van der Waals surface area contributed by atoms with Crippen molar-refractivity contribution < 1.29 is 4.79 Å². The predicted molar refractivity (Wildman–Crippen MR) is 130 cm³/mol. The summed E-state index contributed by atoms with van der Waals surface area (Å²) in [6, 6.07) is 24.1. The topological polar surface area (TPSA) is 63.9 Å².